The average molecular weight is 310 g/mol. The van der Waals surface area contributed by atoms with Gasteiger partial charge in [0.2, 0.25) is 0 Å². The summed E-state index contributed by atoms with van der Waals surface area (Å²) in [6, 6.07) is 14.6. The number of halogens is 1. The molecule has 0 unspecified atom stereocenters. The third-order valence-electron chi connectivity index (χ3n) is 4.36. The Kier molecular flexibility index (Phi) is 5.41. The van der Waals surface area contributed by atoms with Crippen molar-refractivity contribution in [2.45, 2.75) is 44.6 Å². The first-order valence-electron chi connectivity index (χ1n) is 8.24. The van der Waals surface area contributed by atoms with Crippen LogP contribution in [-0.4, -0.2) is 6.21 Å². The van der Waals surface area contributed by atoms with Crippen LogP contribution in [0.3, 0.4) is 0 Å². The minimum absolute atomic E-state index is 0.246. The molecule has 1 aliphatic carbocycles. The van der Waals surface area contributed by atoms with Gasteiger partial charge in [0.25, 0.3) is 0 Å². The molecule has 0 heterocycles. The van der Waals surface area contributed by atoms with Crippen molar-refractivity contribution < 1.29 is 9.23 Å². The number of hydrogen-bond acceptors (Lipinski definition) is 2. The second kappa shape index (κ2) is 7.91. The maximum atomic E-state index is 13.1. The lowest BCUT2D eigenvalue weighted by Gasteiger charge is -2.23. The minimum Gasteiger partial charge on any atom is -0.390 e. The lowest BCUT2D eigenvalue weighted by Crippen LogP contribution is -2.07. The largest absolute Gasteiger partial charge is 0.390 e. The Balaban J connectivity index is 1.63. The average Bonchev–Trinajstić information content (AvgIpc) is 2.60. The monoisotopic (exact) mass is 310 g/mol. The van der Waals surface area contributed by atoms with Gasteiger partial charge in [0, 0.05) is 5.56 Å². The number of hydrogen-bond donors (Lipinski definition) is 0. The van der Waals surface area contributed by atoms with Crippen molar-refractivity contribution in [2.75, 3.05) is 0 Å². The Labute approximate surface area is 137 Å². The molecule has 0 N–H and O–H groups in total. The minimum atomic E-state index is -0.262. The number of benzene rings is 2. The van der Waals surface area contributed by atoms with Crippen LogP contribution < -0.4 is 0 Å². The highest BCUT2D eigenvalue weighted by atomic mass is 19.1. The van der Waals surface area contributed by atoms with E-state index in [1.165, 1.54) is 49.8 Å². The molecule has 2 nitrogen and oxygen atoms in total. The highest BCUT2D eigenvalue weighted by molar-refractivity contribution is 5.81. The standard InChI is InChI=1S/C20H21FNO/c21-19-11-6-7-16(13-19)15-23-22-14-18-10-4-5-12-20(18)17-8-2-1-3-9-17/h4-7,10-13,17H,1-3,8-9,15H2. The second-order valence-corrected chi connectivity index (χ2v) is 6.03. The predicted octanol–water partition coefficient (Wildman–Crippen LogP) is 5.30. The van der Waals surface area contributed by atoms with E-state index in [2.05, 4.69) is 23.5 Å². The summed E-state index contributed by atoms with van der Waals surface area (Å²) in [6.45, 7) is 0.246. The Bertz CT molecular complexity index is 662. The normalized spacial score (nSPS) is 15.9. The lowest BCUT2D eigenvalue weighted by molar-refractivity contribution is 0.132. The molecule has 0 aromatic heterocycles. The van der Waals surface area contributed by atoms with Gasteiger partial charge in [0.15, 0.2) is 0 Å². The molecule has 1 saturated carbocycles. The SMILES string of the molecule is Fc1cccc(CO/N=[C]\c2ccccc2C2CCCCC2)c1. The Morgan fingerprint density at radius 3 is 2.70 bits per heavy atom. The van der Waals surface area contributed by atoms with Crippen LogP contribution in [0.15, 0.2) is 53.7 Å². The molecule has 0 aliphatic heterocycles. The molecule has 0 amide bonds. The second-order valence-electron chi connectivity index (χ2n) is 6.03. The predicted molar refractivity (Wildman–Crippen MR) is 90.0 cm³/mol. The van der Waals surface area contributed by atoms with Crippen LogP contribution in [0.2, 0.25) is 0 Å². The van der Waals surface area contributed by atoms with Crippen molar-refractivity contribution >= 4 is 6.21 Å². The molecule has 3 rings (SSSR count). The van der Waals surface area contributed by atoms with Crippen LogP contribution >= 0.6 is 0 Å². The van der Waals surface area contributed by atoms with E-state index in [9.17, 15) is 4.39 Å². The zero-order chi connectivity index (χ0) is 15.9. The van der Waals surface area contributed by atoms with Gasteiger partial charge in [-0.25, -0.2) is 4.39 Å². The molecule has 119 valence electrons. The van der Waals surface area contributed by atoms with E-state index in [0.29, 0.717) is 5.92 Å². The van der Waals surface area contributed by atoms with E-state index in [0.717, 1.165) is 11.1 Å². The fourth-order valence-electron chi connectivity index (χ4n) is 3.18. The van der Waals surface area contributed by atoms with Gasteiger partial charge in [-0.2, -0.15) is 0 Å². The van der Waals surface area contributed by atoms with Crippen molar-refractivity contribution in [1.82, 2.24) is 0 Å². The lowest BCUT2D eigenvalue weighted by atomic mass is 9.82. The topological polar surface area (TPSA) is 21.6 Å². The fraction of sp³-hybridized carbons (Fsp3) is 0.350. The van der Waals surface area contributed by atoms with Gasteiger partial charge in [0.1, 0.15) is 18.6 Å². The summed E-state index contributed by atoms with van der Waals surface area (Å²) in [4.78, 5) is 5.27. The first-order valence-corrected chi connectivity index (χ1v) is 8.24. The van der Waals surface area contributed by atoms with Gasteiger partial charge >= 0.3 is 0 Å². The van der Waals surface area contributed by atoms with E-state index in [4.69, 9.17) is 4.84 Å². The van der Waals surface area contributed by atoms with Crippen LogP contribution in [0.5, 0.6) is 0 Å². The van der Waals surface area contributed by atoms with Gasteiger partial charge in [0.05, 0.1) is 0 Å². The quantitative estimate of drug-likeness (QED) is 0.542. The zero-order valence-electron chi connectivity index (χ0n) is 13.2. The van der Waals surface area contributed by atoms with Crippen LogP contribution in [0.1, 0.15) is 54.7 Å². The molecule has 2 aromatic rings. The highest BCUT2D eigenvalue weighted by Crippen LogP contribution is 2.33. The number of rotatable bonds is 5. The summed E-state index contributed by atoms with van der Waals surface area (Å²) in [5.41, 5.74) is 3.07. The molecular weight excluding hydrogens is 289 g/mol. The van der Waals surface area contributed by atoms with Crippen LogP contribution in [0.4, 0.5) is 4.39 Å². The summed E-state index contributed by atoms with van der Waals surface area (Å²) < 4.78 is 13.1. The van der Waals surface area contributed by atoms with Crippen LogP contribution in [0.25, 0.3) is 0 Å². The van der Waals surface area contributed by atoms with Crippen LogP contribution in [-0.2, 0) is 11.4 Å². The molecule has 3 heteroatoms. The van der Waals surface area contributed by atoms with Crippen molar-refractivity contribution in [2.24, 2.45) is 5.16 Å². The first kappa shape index (κ1) is 15.7. The van der Waals surface area contributed by atoms with E-state index in [-0.39, 0.29) is 12.4 Å². The molecule has 1 aliphatic rings. The number of nitrogens with zero attached hydrogens (tertiary/aromatic N) is 1. The molecular formula is C20H21FNO. The smallest absolute Gasteiger partial charge is 0.142 e. The van der Waals surface area contributed by atoms with Gasteiger partial charge in [-0.1, -0.05) is 60.8 Å². The molecule has 1 fully saturated rings. The summed E-state index contributed by atoms with van der Waals surface area (Å²) in [7, 11) is 0. The van der Waals surface area contributed by atoms with E-state index in [1.54, 1.807) is 6.07 Å². The molecule has 23 heavy (non-hydrogen) atoms. The molecule has 0 bridgehead atoms. The first-order chi connectivity index (χ1) is 11.3. The molecule has 0 atom stereocenters. The molecule has 1 radical (unpaired) electrons. The Hall–Kier alpha value is -2.16. The van der Waals surface area contributed by atoms with Crippen molar-refractivity contribution in [3.63, 3.8) is 0 Å². The Morgan fingerprint density at radius 2 is 1.87 bits per heavy atom. The van der Waals surface area contributed by atoms with E-state index in [1.807, 2.05) is 18.2 Å². The van der Waals surface area contributed by atoms with Crippen LogP contribution in [0, 0.1) is 5.82 Å². The molecule has 0 saturated heterocycles. The van der Waals surface area contributed by atoms with Crippen molar-refractivity contribution in [3.05, 3.63) is 71.0 Å². The van der Waals surface area contributed by atoms with E-state index < -0.39 is 0 Å². The maximum Gasteiger partial charge on any atom is 0.142 e. The van der Waals surface area contributed by atoms with Gasteiger partial charge in [-0.05, 0) is 42.0 Å². The highest BCUT2D eigenvalue weighted by Gasteiger charge is 2.17. The third-order valence-corrected chi connectivity index (χ3v) is 4.36. The summed E-state index contributed by atoms with van der Waals surface area (Å²) in [6.07, 6.45) is 9.42. The molecule has 0 spiro atoms. The third kappa shape index (κ3) is 4.41. The Morgan fingerprint density at radius 1 is 1.04 bits per heavy atom. The maximum absolute atomic E-state index is 13.1. The van der Waals surface area contributed by atoms with Gasteiger partial charge < -0.3 is 4.84 Å². The van der Waals surface area contributed by atoms with Crippen molar-refractivity contribution in [3.8, 4) is 0 Å². The summed E-state index contributed by atoms with van der Waals surface area (Å²) in [5.74, 6) is 0.340. The van der Waals surface area contributed by atoms with Gasteiger partial charge in [-0.3, -0.25) is 0 Å². The fourth-order valence-corrected chi connectivity index (χ4v) is 3.18. The zero-order valence-corrected chi connectivity index (χ0v) is 13.2. The summed E-state index contributed by atoms with van der Waals surface area (Å²) >= 11 is 0. The molecule has 2 aromatic carbocycles. The van der Waals surface area contributed by atoms with E-state index >= 15 is 0 Å². The van der Waals surface area contributed by atoms with Gasteiger partial charge in [-0.15, -0.1) is 0 Å². The summed E-state index contributed by atoms with van der Waals surface area (Å²) in [5, 5.41) is 3.95. The van der Waals surface area contributed by atoms with Crippen molar-refractivity contribution in [1.29, 1.82) is 0 Å².